The van der Waals surface area contributed by atoms with E-state index in [2.05, 4.69) is 15.7 Å². The highest BCUT2D eigenvalue weighted by Crippen LogP contribution is 2.07. The number of carbonyl (C=O) groups excluding carboxylic acids is 1. The van der Waals surface area contributed by atoms with Gasteiger partial charge in [-0.2, -0.15) is 0 Å². The standard InChI is InChI=1S/C16H16FN5O2/c17-12-5-7-13(8-6-12)19-15(23)18-9-3-11-22-16(24)21-10-2-1-4-14(21)20-22/h1-2,4-8,10H,3,9,11H2,(H2,18,19,23). The number of carbonyl (C=O) groups is 1. The van der Waals surface area contributed by atoms with Crippen molar-refractivity contribution in [1.29, 1.82) is 0 Å². The van der Waals surface area contributed by atoms with Crippen LogP contribution < -0.4 is 16.3 Å². The van der Waals surface area contributed by atoms with Crippen molar-refractivity contribution in [2.45, 2.75) is 13.0 Å². The number of benzene rings is 1. The molecule has 0 bridgehead atoms. The van der Waals surface area contributed by atoms with Crippen molar-refractivity contribution < 1.29 is 9.18 Å². The van der Waals surface area contributed by atoms with E-state index in [0.717, 1.165) is 0 Å². The molecule has 0 fully saturated rings. The van der Waals surface area contributed by atoms with Gasteiger partial charge in [0.25, 0.3) is 0 Å². The number of anilines is 1. The lowest BCUT2D eigenvalue weighted by Gasteiger charge is -2.07. The Morgan fingerprint density at radius 2 is 1.96 bits per heavy atom. The van der Waals surface area contributed by atoms with Gasteiger partial charge in [0.15, 0.2) is 5.65 Å². The van der Waals surface area contributed by atoms with Crippen molar-refractivity contribution >= 4 is 17.4 Å². The number of fused-ring (bicyclic) bond motifs is 1. The maximum absolute atomic E-state index is 12.8. The van der Waals surface area contributed by atoms with Crippen LogP contribution in [-0.2, 0) is 6.54 Å². The molecule has 0 aliphatic rings. The molecule has 2 N–H and O–H groups in total. The largest absolute Gasteiger partial charge is 0.350 e. The quantitative estimate of drug-likeness (QED) is 0.701. The van der Waals surface area contributed by atoms with Crippen LogP contribution in [0.4, 0.5) is 14.9 Å². The molecular formula is C16H16FN5O2. The minimum Gasteiger partial charge on any atom is -0.338 e. The minimum atomic E-state index is -0.385. The van der Waals surface area contributed by atoms with E-state index in [1.165, 1.54) is 33.3 Å². The highest BCUT2D eigenvalue weighted by Gasteiger charge is 2.06. The number of amides is 2. The molecular weight excluding hydrogens is 313 g/mol. The zero-order chi connectivity index (χ0) is 16.9. The molecule has 3 rings (SSSR count). The van der Waals surface area contributed by atoms with Crippen LogP contribution in [0, 0.1) is 5.82 Å². The number of halogens is 1. The van der Waals surface area contributed by atoms with Crippen molar-refractivity contribution in [1.82, 2.24) is 19.5 Å². The number of aromatic nitrogens is 3. The summed E-state index contributed by atoms with van der Waals surface area (Å²) in [5.74, 6) is -0.362. The fourth-order valence-corrected chi connectivity index (χ4v) is 2.25. The Balaban J connectivity index is 1.47. The van der Waals surface area contributed by atoms with E-state index in [1.807, 2.05) is 6.07 Å². The number of rotatable bonds is 5. The summed E-state index contributed by atoms with van der Waals surface area (Å²) in [5, 5.41) is 9.48. The van der Waals surface area contributed by atoms with E-state index in [9.17, 15) is 14.0 Å². The van der Waals surface area contributed by atoms with Gasteiger partial charge >= 0.3 is 11.7 Å². The van der Waals surface area contributed by atoms with Crippen LogP contribution in [0.5, 0.6) is 0 Å². The summed E-state index contributed by atoms with van der Waals surface area (Å²) < 4.78 is 15.6. The Morgan fingerprint density at radius 3 is 2.71 bits per heavy atom. The second-order valence-electron chi connectivity index (χ2n) is 5.18. The average molecular weight is 329 g/mol. The molecule has 2 aromatic heterocycles. The SMILES string of the molecule is O=C(NCCCn1nc2ccccn2c1=O)Nc1ccc(F)cc1. The predicted octanol–water partition coefficient (Wildman–Crippen LogP) is 1.85. The summed E-state index contributed by atoms with van der Waals surface area (Å²) in [6.45, 7) is 0.782. The van der Waals surface area contributed by atoms with Crippen molar-refractivity contribution in [2.24, 2.45) is 0 Å². The zero-order valence-corrected chi connectivity index (χ0v) is 12.8. The van der Waals surface area contributed by atoms with Gasteiger partial charge in [-0.05, 0) is 42.8 Å². The van der Waals surface area contributed by atoms with Crippen molar-refractivity contribution in [3.05, 3.63) is 65.0 Å². The van der Waals surface area contributed by atoms with Gasteiger partial charge in [0.2, 0.25) is 0 Å². The first-order valence-electron chi connectivity index (χ1n) is 7.48. The number of nitrogens with zero attached hydrogens (tertiary/aromatic N) is 3. The third-order valence-corrected chi connectivity index (χ3v) is 3.42. The van der Waals surface area contributed by atoms with Crippen LogP contribution in [0.3, 0.4) is 0 Å². The zero-order valence-electron chi connectivity index (χ0n) is 12.8. The van der Waals surface area contributed by atoms with Crippen LogP contribution in [0.15, 0.2) is 53.5 Å². The summed E-state index contributed by atoms with van der Waals surface area (Å²) in [6.07, 6.45) is 2.22. The molecule has 0 aliphatic heterocycles. The molecule has 0 saturated heterocycles. The number of hydrogen-bond acceptors (Lipinski definition) is 3. The second-order valence-corrected chi connectivity index (χ2v) is 5.18. The smallest absolute Gasteiger partial charge is 0.338 e. The van der Waals surface area contributed by atoms with Gasteiger partial charge in [0.1, 0.15) is 5.82 Å². The summed E-state index contributed by atoms with van der Waals surface area (Å²) in [6, 6.07) is 10.4. The van der Waals surface area contributed by atoms with Crippen molar-refractivity contribution in [2.75, 3.05) is 11.9 Å². The molecule has 0 saturated carbocycles. The lowest BCUT2D eigenvalue weighted by Crippen LogP contribution is -2.31. The molecule has 124 valence electrons. The van der Waals surface area contributed by atoms with Crippen LogP contribution >= 0.6 is 0 Å². The first kappa shape index (κ1) is 15.7. The first-order chi connectivity index (χ1) is 11.6. The molecule has 0 aliphatic carbocycles. The Morgan fingerprint density at radius 1 is 1.17 bits per heavy atom. The monoisotopic (exact) mass is 329 g/mol. The molecule has 24 heavy (non-hydrogen) atoms. The van der Waals surface area contributed by atoms with Crippen LogP contribution in [0.2, 0.25) is 0 Å². The molecule has 1 aromatic carbocycles. The van der Waals surface area contributed by atoms with Gasteiger partial charge in [0.05, 0.1) is 0 Å². The number of hydrogen-bond donors (Lipinski definition) is 2. The maximum atomic E-state index is 12.8. The Kier molecular flexibility index (Phi) is 4.55. The highest BCUT2D eigenvalue weighted by atomic mass is 19.1. The second kappa shape index (κ2) is 6.95. The number of aryl methyl sites for hydroxylation is 1. The van der Waals surface area contributed by atoms with Crippen LogP contribution in [0.1, 0.15) is 6.42 Å². The van der Waals surface area contributed by atoms with E-state index >= 15 is 0 Å². The van der Waals surface area contributed by atoms with E-state index in [-0.39, 0.29) is 17.5 Å². The number of nitrogens with one attached hydrogen (secondary N) is 2. The van der Waals surface area contributed by atoms with Crippen LogP contribution in [-0.4, -0.2) is 26.8 Å². The molecule has 0 unspecified atom stereocenters. The predicted molar refractivity (Wildman–Crippen MR) is 87.5 cm³/mol. The number of pyridine rings is 1. The molecule has 7 nitrogen and oxygen atoms in total. The average Bonchev–Trinajstić information content (AvgIpc) is 2.90. The fourth-order valence-electron chi connectivity index (χ4n) is 2.25. The number of urea groups is 1. The maximum Gasteiger partial charge on any atom is 0.350 e. The molecule has 0 spiro atoms. The Hall–Kier alpha value is -3.16. The van der Waals surface area contributed by atoms with Gasteiger partial charge in [-0.3, -0.25) is 4.40 Å². The molecule has 8 heteroatoms. The van der Waals surface area contributed by atoms with Gasteiger partial charge in [-0.15, -0.1) is 5.10 Å². The molecule has 2 amide bonds. The molecule has 2 heterocycles. The summed E-state index contributed by atoms with van der Waals surface area (Å²) in [7, 11) is 0. The van der Waals surface area contributed by atoms with Gasteiger partial charge < -0.3 is 10.6 Å². The normalized spacial score (nSPS) is 10.7. The van der Waals surface area contributed by atoms with Gasteiger partial charge in [-0.1, -0.05) is 6.07 Å². The van der Waals surface area contributed by atoms with E-state index in [0.29, 0.717) is 30.8 Å². The summed E-state index contributed by atoms with van der Waals surface area (Å²) >= 11 is 0. The summed E-state index contributed by atoms with van der Waals surface area (Å²) in [4.78, 5) is 23.8. The third-order valence-electron chi connectivity index (χ3n) is 3.42. The topological polar surface area (TPSA) is 80.4 Å². The van der Waals surface area contributed by atoms with E-state index in [1.54, 1.807) is 18.3 Å². The first-order valence-corrected chi connectivity index (χ1v) is 7.48. The Bertz CT molecular complexity index is 901. The van der Waals surface area contributed by atoms with E-state index in [4.69, 9.17) is 0 Å². The highest BCUT2D eigenvalue weighted by molar-refractivity contribution is 5.89. The lowest BCUT2D eigenvalue weighted by atomic mass is 10.3. The fraction of sp³-hybridized carbons (Fsp3) is 0.188. The summed E-state index contributed by atoms with van der Waals surface area (Å²) in [5.41, 5.74) is 0.886. The van der Waals surface area contributed by atoms with E-state index < -0.39 is 0 Å². The van der Waals surface area contributed by atoms with Crippen molar-refractivity contribution in [3.8, 4) is 0 Å². The van der Waals surface area contributed by atoms with Gasteiger partial charge in [0, 0.05) is 25.0 Å². The molecule has 3 aromatic rings. The van der Waals surface area contributed by atoms with Crippen molar-refractivity contribution in [3.63, 3.8) is 0 Å². The minimum absolute atomic E-state index is 0.207. The molecule has 0 radical (unpaired) electrons. The van der Waals surface area contributed by atoms with Crippen LogP contribution in [0.25, 0.3) is 5.65 Å². The molecule has 0 atom stereocenters. The lowest BCUT2D eigenvalue weighted by molar-refractivity contribution is 0.251. The third kappa shape index (κ3) is 3.60. The van der Waals surface area contributed by atoms with Gasteiger partial charge in [-0.25, -0.2) is 18.7 Å². The Labute approximate surface area is 136 Å².